The maximum absolute atomic E-state index is 13.1. The fourth-order valence-electron chi connectivity index (χ4n) is 8.93. The fraction of sp³-hybridized carbons (Fsp3) is 0.484. The average molecular weight is 1360 g/mol. The van der Waals surface area contributed by atoms with Crippen molar-refractivity contribution in [1.82, 2.24) is 42.5 Å². The van der Waals surface area contributed by atoms with Crippen LogP contribution in [-0.4, -0.2) is 143 Å². The summed E-state index contributed by atoms with van der Waals surface area (Å²) in [4.78, 5) is 104. The van der Waals surface area contributed by atoms with E-state index in [2.05, 4.69) is 42.5 Å². The minimum atomic E-state index is -4.85. The number of phenols is 2. The molecule has 0 radical (unpaired) electrons. The number of rotatable bonds is 38. The summed E-state index contributed by atoms with van der Waals surface area (Å²) in [5.41, 5.74) is 14.9. The molecule has 4 aromatic carbocycles. The van der Waals surface area contributed by atoms with Crippen LogP contribution < -0.4 is 54.0 Å². The maximum Gasteiger partial charge on any atom is 2.00 e. The van der Waals surface area contributed by atoms with Crippen molar-refractivity contribution in [2.75, 3.05) is 13.1 Å². The van der Waals surface area contributed by atoms with Gasteiger partial charge in [-0.3, -0.25) is 38.4 Å². The van der Waals surface area contributed by atoms with Crippen molar-refractivity contribution in [2.24, 2.45) is 11.5 Å². The Labute approximate surface area is 546 Å². The molecule has 496 valence electrons. The van der Waals surface area contributed by atoms with Crippen molar-refractivity contribution in [1.29, 1.82) is 0 Å². The van der Waals surface area contributed by atoms with Crippen LogP contribution in [0.4, 0.5) is 0 Å². The number of carbonyl (C=O) groups is 8. The van der Waals surface area contributed by atoms with E-state index in [9.17, 15) is 74.5 Å². The number of aromatic hydroxyl groups is 2. The summed E-state index contributed by atoms with van der Waals surface area (Å²) in [6, 6.07) is 23.5. The first-order valence-corrected chi connectivity index (χ1v) is 33.0. The Balaban J connectivity index is 0.000000613. The summed E-state index contributed by atoms with van der Waals surface area (Å²) in [7, 11) is -9.69. The summed E-state index contributed by atoms with van der Waals surface area (Å²) in [5, 5.41) is 35.4. The van der Waals surface area contributed by atoms with Gasteiger partial charge in [-0.05, 0) is 85.0 Å². The van der Waals surface area contributed by atoms with Gasteiger partial charge in [-0.25, -0.2) is 16.8 Å². The Kier molecular flexibility index (Phi) is 36.7. The van der Waals surface area contributed by atoms with Gasteiger partial charge in [0.05, 0.1) is 25.2 Å². The number of nitrogens with one attached hydrogen (secondary N) is 8. The quantitative estimate of drug-likeness (QED) is 0.0225. The monoisotopic (exact) mass is 1360 g/mol. The van der Waals surface area contributed by atoms with E-state index in [1.54, 1.807) is 84.9 Å². The number of phenolic OH excluding ortho intramolecular Hbond substituents is 2. The van der Waals surface area contributed by atoms with Gasteiger partial charge in [0.15, 0.2) is 0 Å². The molecule has 4 aromatic rings. The second-order valence-corrected chi connectivity index (χ2v) is 24.8. The molecule has 0 saturated carbocycles. The Bertz CT molecular complexity index is 2930. The molecule has 0 bridgehead atoms. The predicted octanol–water partition coefficient (Wildman–Crippen LogP) is 1.91. The van der Waals surface area contributed by atoms with Gasteiger partial charge in [0.1, 0.15) is 66.7 Å². The summed E-state index contributed by atoms with van der Waals surface area (Å²) in [5.74, 6) is -5.38. The maximum atomic E-state index is 13.1. The van der Waals surface area contributed by atoms with Crippen LogP contribution in [0, 0.1) is 0 Å². The molecule has 2 unspecified atom stereocenters. The molecule has 91 heavy (non-hydrogen) atoms. The van der Waals surface area contributed by atoms with E-state index in [1.165, 1.54) is 24.3 Å². The van der Waals surface area contributed by atoms with Gasteiger partial charge in [0, 0.05) is 12.8 Å². The SMILES string of the molecule is CCCCC(NC(=O)[C@H](Cc1ccccc1)NC(=O)CNC(=O)[C@H](CCCC)NC(=O)[C@@H](N)Cc1ccc(O)cc1)S(=O)(=O)[O-].CCCCC(NC(=O)[C@H](Cc1ccccc1)NC(=O)CNC(=O)[C@H](CCCC)NC(=O)[C@@H](N)Cc1ccc(O)cc1)S(=O)(=O)[O-].[Zn+2]. The molecule has 0 spiro atoms. The summed E-state index contributed by atoms with van der Waals surface area (Å²) < 4.78 is 70.6. The van der Waals surface area contributed by atoms with Gasteiger partial charge < -0.3 is 73.3 Å². The van der Waals surface area contributed by atoms with E-state index in [1.807, 2.05) is 27.7 Å². The molecular formula is C62H88N10O16S2Zn. The number of hydrogen-bond acceptors (Lipinski definition) is 18. The van der Waals surface area contributed by atoms with Crippen LogP contribution in [0.25, 0.3) is 0 Å². The molecule has 8 atom stereocenters. The van der Waals surface area contributed by atoms with Gasteiger partial charge in [-0.2, -0.15) is 0 Å². The molecule has 0 saturated heterocycles. The van der Waals surface area contributed by atoms with Crippen LogP contribution in [-0.2, 0) is 104 Å². The zero-order valence-corrected chi connectivity index (χ0v) is 56.6. The zero-order valence-electron chi connectivity index (χ0n) is 52.0. The molecule has 4 rings (SSSR count). The van der Waals surface area contributed by atoms with Crippen molar-refractivity contribution in [3.8, 4) is 11.5 Å². The topological polar surface area (TPSA) is 440 Å². The van der Waals surface area contributed by atoms with E-state index in [-0.39, 0.29) is 69.5 Å². The van der Waals surface area contributed by atoms with Crippen molar-refractivity contribution < 1.29 is 94.0 Å². The largest absolute Gasteiger partial charge is 2.00 e. The fourth-order valence-corrected chi connectivity index (χ4v) is 10.4. The molecule has 26 nitrogen and oxygen atoms in total. The van der Waals surface area contributed by atoms with E-state index in [0.717, 1.165) is 24.0 Å². The van der Waals surface area contributed by atoms with Crippen LogP contribution in [0.1, 0.15) is 127 Å². The second kappa shape index (κ2) is 41.9. The summed E-state index contributed by atoms with van der Waals surface area (Å²) in [6.45, 7) is 6.40. The third-order valence-electron chi connectivity index (χ3n) is 14.1. The van der Waals surface area contributed by atoms with Crippen LogP contribution in [0.2, 0.25) is 0 Å². The molecular weight excluding hydrogens is 1270 g/mol. The molecule has 0 heterocycles. The number of amides is 8. The summed E-state index contributed by atoms with van der Waals surface area (Å²) in [6.07, 6.45) is 5.51. The Morgan fingerprint density at radius 3 is 0.989 bits per heavy atom. The molecule has 14 N–H and O–H groups in total. The van der Waals surface area contributed by atoms with Crippen molar-refractivity contribution >= 4 is 67.5 Å². The minimum Gasteiger partial charge on any atom is -0.746 e. The van der Waals surface area contributed by atoms with Crippen LogP contribution >= 0.6 is 0 Å². The number of carbonyl (C=O) groups excluding carboxylic acids is 8. The predicted molar refractivity (Wildman–Crippen MR) is 335 cm³/mol. The first kappa shape index (κ1) is 79.7. The van der Waals surface area contributed by atoms with Crippen molar-refractivity contribution in [3.05, 3.63) is 131 Å². The minimum absolute atomic E-state index is 0. The smallest absolute Gasteiger partial charge is 0.746 e. The Morgan fingerprint density at radius 2 is 0.692 bits per heavy atom. The summed E-state index contributed by atoms with van der Waals surface area (Å²) >= 11 is 0. The standard InChI is InChI=1S/2C31H45N5O8S.Zn/c2*1-3-5-12-25(35-29(39)24(32)18-22-14-16-23(37)17-15-22)30(40)33-20-27(38)34-26(19-21-10-8-7-9-11-21)31(41)36-28(13-6-4-2)45(42,43)44;/h2*7-11,14-17,24-26,28,37H,3-6,12-13,18-20,32H2,1-2H3,(H,33,40)(H,34,38)(H,35,39)(H,36,41)(H,42,43,44);/q;;+2/p-2/t2*24-,25-,26-,28?;/m00./s1. The van der Waals surface area contributed by atoms with Crippen molar-refractivity contribution in [2.45, 2.75) is 177 Å². The molecule has 8 amide bonds. The van der Waals surface area contributed by atoms with Gasteiger partial charge in [-0.15, -0.1) is 0 Å². The van der Waals surface area contributed by atoms with Gasteiger partial charge in [0.2, 0.25) is 47.3 Å². The number of nitrogens with two attached hydrogens (primary N) is 2. The van der Waals surface area contributed by atoms with Crippen molar-refractivity contribution in [3.63, 3.8) is 0 Å². The normalized spacial score (nSPS) is 13.8. The van der Waals surface area contributed by atoms with Gasteiger partial charge in [0.25, 0.3) is 0 Å². The van der Waals surface area contributed by atoms with Crippen LogP contribution in [0.15, 0.2) is 109 Å². The van der Waals surface area contributed by atoms with Crippen LogP contribution in [0.5, 0.6) is 11.5 Å². The second-order valence-electron chi connectivity index (χ2n) is 21.7. The molecule has 0 fully saturated rings. The number of hydrogen-bond donors (Lipinski definition) is 12. The molecule has 0 aliphatic heterocycles. The zero-order chi connectivity index (χ0) is 66.8. The van der Waals surface area contributed by atoms with E-state index < -0.39 is 128 Å². The third kappa shape index (κ3) is 31.5. The first-order valence-electron chi connectivity index (χ1n) is 30.1. The van der Waals surface area contributed by atoms with Gasteiger partial charge in [-0.1, -0.05) is 164 Å². The first-order chi connectivity index (χ1) is 42.7. The molecule has 0 aliphatic rings. The Hall–Kier alpha value is -7.40. The molecule has 0 aliphatic carbocycles. The average Bonchev–Trinajstić information content (AvgIpc) is 2.35. The number of unbranched alkanes of at least 4 members (excludes halogenated alkanes) is 4. The van der Waals surface area contributed by atoms with Gasteiger partial charge >= 0.3 is 19.5 Å². The van der Waals surface area contributed by atoms with E-state index in [4.69, 9.17) is 11.5 Å². The molecule has 0 aromatic heterocycles. The van der Waals surface area contributed by atoms with Crippen LogP contribution in [0.3, 0.4) is 0 Å². The number of benzene rings is 4. The van der Waals surface area contributed by atoms with E-state index in [0.29, 0.717) is 62.5 Å². The molecule has 29 heteroatoms. The Morgan fingerprint density at radius 1 is 0.396 bits per heavy atom. The third-order valence-corrected chi connectivity index (χ3v) is 16.2. The van der Waals surface area contributed by atoms with E-state index >= 15 is 0 Å².